The van der Waals surface area contributed by atoms with E-state index in [-0.39, 0.29) is 17.7 Å². The van der Waals surface area contributed by atoms with Gasteiger partial charge in [0.05, 0.1) is 11.8 Å². The highest BCUT2D eigenvalue weighted by Gasteiger charge is 2.49. The smallest absolute Gasteiger partial charge is 0.481 e. The Hall–Kier alpha value is -1.22. The normalized spacial score (nSPS) is 24.9. The highest BCUT2D eigenvalue weighted by Crippen LogP contribution is 2.45. The minimum absolute atomic E-state index is 0.118. The maximum Gasteiger partial charge on any atom is 0.498 e. The average molecular weight is 430 g/mol. The molecule has 8 heteroatoms. The summed E-state index contributed by atoms with van der Waals surface area (Å²) in [5.41, 5.74) is -0.602. The van der Waals surface area contributed by atoms with Crippen molar-refractivity contribution in [2.24, 2.45) is 29.1 Å². The van der Waals surface area contributed by atoms with Crippen molar-refractivity contribution in [3.63, 3.8) is 0 Å². The van der Waals surface area contributed by atoms with E-state index in [1.165, 1.54) is 0 Å². The quantitative estimate of drug-likeness (QED) is 0.250. The first-order valence-electron chi connectivity index (χ1n) is 10.7. The van der Waals surface area contributed by atoms with Crippen LogP contribution < -0.4 is 5.32 Å². The van der Waals surface area contributed by atoms with Crippen LogP contribution in [0.15, 0.2) is 12.2 Å². The van der Waals surface area contributed by atoms with E-state index >= 15 is 0 Å². The molecule has 0 fully saturated rings. The van der Waals surface area contributed by atoms with Gasteiger partial charge in [-0.3, -0.25) is 9.59 Å². The van der Waals surface area contributed by atoms with Crippen LogP contribution in [0, 0.1) is 29.1 Å². The zero-order chi connectivity index (χ0) is 22.2. The second-order valence-electron chi connectivity index (χ2n) is 8.46. The molecule has 4 atom stereocenters. The third-order valence-electron chi connectivity index (χ3n) is 5.90. The van der Waals surface area contributed by atoms with E-state index in [1.807, 2.05) is 26.0 Å². The summed E-state index contributed by atoms with van der Waals surface area (Å²) in [4.78, 5) is 35.6. The highest BCUT2D eigenvalue weighted by atomic mass is 28.4. The van der Waals surface area contributed by atoms with E-state index in [0.717, 1.165) is 6.42 Å². The summed E-state index contributed by atoms with van der Waals surface area (Å²) in [5.74, 6) is -2.51. The zero-order valence-electron chi connectivity index (χ0n) is 18.7. The van der Waals surface area contributed by atoms with Crippen LogP contribution in [-0.4, -0.2) is 50.3 Å². The number of amides is 1. The molecule has 1 aliphatic carbocycles. The number of carboxylic acids is 1. The molecule has 0 saturated heterocycles. The van der Waals surface area contributed by atoms with Crippen molar-refractivity contribution in [2.75, 3.05) is 19.8 Å². The fourth-order valence-corrected chi connectivity index (χ4v) is 6.06. The Labute approximate surface area is 176 Å². The topological polar surface area (TPSA) is 105 Å². The molecular weight excluding hydrogens is 390 g/mol. The molecule has 0 heterocycles. The first kappa shape index (κ1) is 25.8. The molecule has 1 amide bonds. The standard InChI is InChI=1S/C21H39NO6Si/c1-7-15(4)16-11-12-21(5,6)18(20(24)25)17(16)19(23)22-13-10-14-29(26,27-8-2)28-9-3/h11-12,15-18,26H,7-10,13-14H2,1-6H3,(H,22,23)(H,24,25). The number of hydrogen-bond donors (Lipinski definition) is 3. The van der Waals surface area contributed by atoms with Crippen LogP contribution in [-0.2, 0) is 18.4 Å². The van der Waals surface area contributed by atoms with Gasteiger partial charge >= 0.3 is 14.8 Å². The lowest BCUT2D eigenvalue weighted by atomic mass is 9.60. The molecule has 1 rings (SSSR count). The molecule has 3 N–H and O–H groups in total. The molecule has 7 nitrogen and oxygen atoms in total. The Morgan fingerprint density at radius 1 is 1.21 bits per heavy atom. The van der Waals surface area contributed by atoms with Crippen LogP contribution in [0.1, 0.15) is 54.4 Å². The molecular formula is C21H39NO6Si. The number of aliphatic carboxylic acids is 1. The van der Waals surface area contributed by atoms with Crippen LogP contribution in [0.4, 0.5) is 0 Å². The van der Waals surface area contributed by atoms with Crippen LogP contribution >= 0.6 is 0 Å². The van der Waals surface area contributed by atoms with Crippen molar-refractivity contribution in [3.8, 4) is 0 Å². The molecule has 0 saturated carbocycles. The largest absolute Gasteiger partial charge is 0.498 e. The van der Waals surface area contributed by atoms with Crippen LogP contribution in [0.25, 0.3) is 0 Å². The second-order valence-corrected chi connectivity index (χ2v) is 11.0. The van der Waals surface area contributed by atoms with Gasteiger partial charge in [0.25, 0.3) is 0 Å². The fraction of sp³-hybridized carbons (Fsp3) is 0.810. The number of rotatable bonds is 12. The maximum atomic E-state index is 13.1. The van der Waals surface area contributed by atoms with Crippen LogP contribution in [0.2, 0.25) is 6.04 Å². The van der Waals surface area contributed by atoms with Crippen LogP contribution in [0.3, 0.4) is 0 Å². The van der Waals surface area contributed by atoms with E-state index in [9.17, 15) is 19.5 Å². The molecule has 0 aliphatic heterocycles. The molecule has 1 aliphatic rings. The van der Waals surface area contributed by atoms with E-state index in [2.05, 4.69) is 19.2 Å². The van der Waals surface area contributed by atoms with Crippen molar-refractivity contribution >= 4 is 20.7 Å². The molecule has 0 spiro atoms. The van der Waals surface area contributed by atoms with Crippen molar-refractivity contribution in [2.45, 2.75) is 60.4 Å². The minimum atomic E-state index is -3.21. The predicted molar refractivity (Wildman–Crippen MR) is 114 cm³/mol. The van der Waals surface area contributed by atoms with Gasteiger partial charge in [-0.15, -0.1) is 0 Å². The Kier molecular flexibility index (Phi) is 10.0. The van der Waals surface area contributed by atoms with Gasteiger partial charge < -0.3 is 24.1 Å². The van der Waals surface area contributed by atoms with Crippen molar-refractivity contribution < 1.29 is 28.3 Å². The summed E-state index contributed by atoms with van der Waals surface area (Å²) in [6, 6.07) is 0.349. The summed E-state index contributed by atoms with van der Waals surface area (Å²) in [6.07, 6.45) is 5.34. The van der Waals surface area contributed by atoms with Crippen molar-refractivity contribution in [1.29, 1.82) is 0 Å². The van der Waals surface area contributed by atoms with Crippen molar-refractivity contribution in [1.82, 2.24) is 5.32 Å². The third-order valence-corrected chi connectivity index (χ3v) is 8.37. The first-order valence-corrected chi connectivity index (χ1v) is 12.7. The Balaban J connectivity index is 2.86. The van der Waals surface area contributed by atoms with Crippen LogP contribution in [0.5, 0.6) is 0 Å². The lowest BCUT2D eigenvalue weighted by Crippen LogP contribution is -2.50. The molecule has 29 heavy (non-hydrogen) atoms. The van der Waals surface area contributed by atoms with Gasteiger partial charge in [-0.2, -0.15) is 0 Å². The number of carboxylic acid groups (broad SMARTS) is 1. The maximum absolute atomic E-state index is 13.1. The summed E-state index contributed by atoms with van der Waals surface area (Å²) >= 11 is 0. The Bertz CT molecular complexity index is 574. The van der Waals surface area contributed by atoms with E-state index in [0.29, 0.717) is 32.2 Å². The monoisotopic (exact) mass is 429 g/mol. The van der Waals surface area contributed by atoms with E-state index < -0.39 is 32.0 Å². The zero-order valence-corrected chi connectivity index (χ0v) is 19.7. The Morgan fingerprint density at radius 3 is 2.28 bits per heavy atom. The molecule has 0 aromatic carbocycles. The number of carbonyl (C=O) groups is 2. The molecule has 168 valence electrons. The highest BCUT2D eigenvalue weighted by molar-refractivity contribution is 6.59. The lowest BCUT2D eigenvalue weighted by Gasteiger charge is -2.43. The van der Waals surface area contributed by atoms with E-state index in [1.54, 1.807) is 13.8 Å². The second kappa shape index (κ2) is 11.2. The van der Waals surface area contributed by atoms with Gasteiger partial charge in [-0.1, -0.05) is 46.3 Å². The van der Waals surface area contributed by atoms with Gasteiger partial charge in [0.2, 0.25) is 5.91 Å². The minimum Gasteiger partial charge on any atom is -0.481 e. The molecule has 0 radical (unpaired) electrons. The van der Waals surface area contributed by atoms with Gasteiger partial charge in [-0.25, -0.2) is 0 Å². The first-order chi connectivity index (χ1) is 13.5. The lowest BCUT2D eigenvalue weighted by molar-refractivity contribution is -0.154. The molecule has 0 bridgehead atoms. The summed E-state index contributed by atoms with van der Waals surface area (Å²) in [5, 5.41) is 12.8. The van der Waals surface area contributed by atoms with Gasteiger partial charge in [0, 0.05) is 25.8 Å². The van der Waals surface area contributed by atoms with E-state index in [4.69, 9.17) is 8.85 Å². The fourth-order valence-electron chi connectivity index (χ4n) is 4.16. The molecule has 4 unspecified atom stereocenters. The van der Waals surface area contributed by atoms with Crippen molar-refractivity contribution in [3.05, 3.63) is 12.2 Å². The molecule has 0 aromatic heterocycles. The molecule has 0 aromatic rings. The summed E-state index contributed by atoms with van der Waals surface area (Å²) in [6.45, 7) is 12.5. The summed E-state index contributed by atoms with van der Waals surface area (Å²) in [7, 11) is -3.21. The predicted octanol–water partition coefficient (Wildman–Crippen LogP) is 3.07. The van der Waals surface area contributed by atoms with Gasteiger partial charge in [0.15, 0.2) is 0 Å². The third kappa shape index (κ3) is 6.91. The SMILES string of the molecule is CCO[Si](O)(CCCNC(=O)C1C(C(C)CC)C=CC(C)(C)C1C(=O)O)OCC. The number of nitrogens with one attached hydrogen (secondary N) is 1. The number of hydrogen-bond acceptors (Lipinski definition) is 5. The van der Waals surface area contributed by atoms with Gasteiger partial charge in [0.1, 0.15) is 0 Å². The Morgan fingerprint density at radius 2 is 1.79 bits per heavy atom. The summed E-state index contributed by atoms with van der Waals surface area (Å²) < 4.78 is 10.8. The van der Waals surface area contributed by atoms with Gasteiger partial charge in [-0.05, 0) is 37.5 Å². The number of carbonyl (C=O) groups excluding carboxylic acids is 1. The average Bonchev–Trinajstić information content (AvgIpc) is 2.63. The number of allylic oxidation sites excluding steroid dienone is 2.